The Labute approximate surface area is 210 Å². The molecule has 0 radical (unpaired) electrons. The number of nitrogens with two attached hydrogens (primary N) is 1. The van der Waals surface area contributed by atoms with Gasteiger partial charge in [-0.2, -0.15) is 10.4 Å². The first-order valence-electron chi connectivity index (χ1n) is 10.7. The molecule has 35 heavy (non-hydrogen) atoms. The van der Waals surface area contributed by atoms with Crippen molar-refractivity contribution >= 4 is 39.9 Å². The summed E-state index contributed by atoms with van der Waals surface area (Å²) in [6, 6.07) is 6.71. The largest absolute Gasteiger partial charge is 0.468 e. The molecule has 5 rings (SSSR count). The Morgan fingerprint density at radius 1 is 1.20 bits per heavy atom. The molecule has 0 aliphatic carbocycles. The first-order chi connectivity index (χ1) is 16.7. The fourth-order valence-electron chi connectivity index (χ4n) is 4.28. The summed E-state index contributed by atoms with van der Waals surface area (Å²) in [6.07, 6.45) is 3.28. The molecule has 1 atom stereocenters. The minimum Gasteiger partial charge on any atom is -0.468 e. The number of nitrogens with one attached hydrogen (secondary N) is 1. The van der Waals surface area contributed by atoms with Crippen LogP contribution in [0.25, 0.3) is 22.2 Å². The van der Waals surface area contributed by atoms with E-state index in [1.807, 2.05) is 0 Å². The smallest absolute Gasteiger partial charge is 0.177 e. The van der Waals surface area contributed by atoms with Crippen LogP contribution >= 0.6 is 23.2 Å². The van der Waals surface area contributed by atoms with Gasteiger partial charge in [-0.25, -0.2) is 9.37 Å². The minimum atomic E-state index is -1.13. The molecule has 8 nitrogen and oxygen atoms in total. The molecule has 1 saturated heterocycles. The van der Waals surface area contributed by atoms with Gasteiger partial charge >= 0.3 is 0 Å². The maximum Gasteiger partial charge on any atom is 0.177 e. The van der Waals surface area contributed by atoms with Gasteiger partial charge in [-0.1, -0.05) is 37.0 Å². The predicted molar refractivity (Wildman–Crippen MR) is 132 cm³/mol. The van der Waals surface area contributed by atoms with Crippen molar-refractivity contribution in [3.8, 4) is 23.1 Å². The van der Waals surface area contributed by atoms with Gasteiger partial charge in [-0.15, -0.1) is 0 Å². The molecule has 1 aromatic carbocycles. The summed E-state index contributed by atoms with van der Waals surface area (Å²) in [6.45, 7) is 5.98. The lowest BCUT2D eigenvalue weighted by molar-refractivity contribution is 0.205. The van der Waals surface area contributed by atoms with Gasteiger partial charge in [0.25, 0.3) is 0 Å². The Kier molecular flexibility index (Phi) is 5.75. The zero-order chi connectivity index (χ0) is 24.9. The summed E-state index contributed by atoms with van der Waals surface area (Å²) in [5.41, 5.74) is 8.61. The molecule has 4 aromatic rings. The van der Waals surface area contributed by atoms with E-state index in [1.54, 1.807) is 12.3 Å². The average molecular weight is 512 g/mol. The first kappa shape index (κ1) is 23.3. The molecule has 1 aliphatic rings. The van der Waals surface area contributed by atoms with Gasteiger partial charge < -0.3 is 9.64 Å². The zero-order valence-corrected chi connectivity index (χ0v) is 20.3. The number of anilines is 1. The highest BCUT2D eigenvalue weighted by molar-refractivity contribution is 6.35. The van der Waals surface area contributed by atoms with Gasteiger partial charge in [0.2, 0.25) is 0 Å². The third-order valence-corrected chi connectivity index (χ3v) is 6.44. The lowest BCUT2D eigenvalue weighted by Gasteiger charge is -2.46. The zero-order valence-electron chi connectivity index (χ0n) is 18.8. The molecule has 0 unspecified atom stereocenters. The molecule has 0 bridgehead atoms. The third-order valence-electron chi connectivity index (χ3n) is 5.84. The number of hydrogen-bond donors (Lipinski definition) is 2. The Hall–Kier alpha value is -3.45. The number of nitriles is 1. The second kappa shape index (κ2) is 8.64. The van der Waals surface area contributed by atoms with Gasteiger partial charge in [0.05, 0.1) is 21.1 Å². The van der Waals surface area contributed by atoms with Crippen molar-refractivity contribution in [1.82, 2.24) is 20.2 Å². The molecule has 1 aliphatic heterocycles. The van der Waals surface area contributed by atoms with Crippen LogP contribution in [0.15, 0.2) is 36.8 Å². The first-order valence-corrected chi connectivity index (χ1v) is 11.5. The summed E-state index contributed by atoms with van der Waals surface area (Å²) in [5.74, 6) is -0.108. The predicted octanol–water partition coefficient (Wildman–Crippen LogP) is 5.22. The van der Waals surface area contributed by atoms with Crippen LogP contribution in [-0.4, -0.2) is 33.3 Å². The molecule has 178 valence electrons. The lowest BCUT2D eigenvalue weighted by Crippen LogP contribution is -2.53. The van der Waals surface area contributed by atoms with E-state index in [2.05, 4.69) is 45.0 Å². The molecular weight excluding hydrogens is 492 g/mol. The van der Waals surface area contributed by atoms with Crippen molar-refractivity contribution in [1.29, 1.82) is 5.26 Å². The molecule has 0 spiro atoms. The highest BCUT2D eigenvalue weighted by Crippen LogP contribution is 2.37. The average Bonchev–Trinajstić information content (AvgIpc) is 3.19. The van der Waals surface area contributed by atoms with Gasteiger partial charge in [0.1, 0.15) is 17.6 Å². The van der Waals surface area contributed by atoms with Crippen LogP contribution in [0, 0.1) is 22.6 Å². The van der Waals surface area contributed by atoms with Crippen molar-refractivity contribution in [2.75, 3.05) is 18.0 Å². The van der Waals surface area contributed by atoms with Crippen LogP contribution in [0.4, 0.5) is 10.2 Å². The van der Waals surface area contributed by atoms with Gasteiger partial charge in [0.15, 0.2) is 17.8 Å². The number of benzene rings is 1. The number of ether oxygens (including phenoxy) is 1. The Morgan fingerprint density at radius 2 is 1.91 bits per heavy atom. The molecule has 0 saturated carbocycles. The van der Waals surface area contributed by atoms with Crippen molar-refractivity contribution in [2.45, 2.75) is 20.1 Å². The number of fused-ring (bicyclic) bond motifs is 1. The summed E-state index contributed by atoms with van der Waals surface area (Å²) in [7, 11) is 0. The highest BCUT2D eigenvalue weighted by Gasteiger charge is 2.36. The van der Waals surface area contributed by atoms with E-state index in [-0.39, 0.29) is 21.2 Å². The summed E-state index contributed by atoms with van der Waals surface area (Å²) in [5, 5.41) is 17.9. The summed E-state index contributed by atoms with van der Waals surface area (Å²) in [4.78, 5) is 10.5. The molecule has 3 N–H and O–H groups in total. The van der Waals surface area contributed by atoms with Gasteiger partial charge in [-0.05, 0) is 17.5 Å². The van der Waals surface area contributed by atoms with Crippen LogP contribution in [0.1, 0.15) is 31.2 Å². The molecule has 4 heterocycles. The lowest BCUT2D eigenvalue weighted by atomic mass is 9.84. The number of hydrogen-bond acceptors (Lipinski definition) is 7. The van der Waals surface area contributed by atoms with Crippen molar-refractivity contribution in [3.05, 3.63) is 63.8 Å². The SMILES string of the molecule is CC1(C)CN(c2ncc(-c3n[nH]c4cc(F)c(O[C@H](N)c5c(Cl)cncc5Cl)cc34)cc2C#N)C1. The topological polar surface area (TPSA) is 117 Å². The molecule has 3 aromatic heterocycles. The second-order valence-corrected chi connectivity index (χ2v) is 10.00. The number of aromatic amines is 1. The fraction of sp³-hybridized carbons (Fsp3) is 0.250. The number of halogens is 3. The second-order valence-electron chi connectivity index (χ2n) is 9.18. The minimum absolute atomic E-state index is 0.107. The van der Waals surface area contributed by atoms with E-state index in [0.29, 0.717) is 39.1 Å². The summed E-state index contributed by atoms with van der Waals surface area (Å²) >= 11 is 12.3. The van der Waals surface area contributed by atoms with E-state index in [1.165, 1.54) is 24.5 Å². The van der Waals surface area contributed by atoms with E-state index in [9.17, 15) is 9.65 Å². The number of H-pyrrole nitrogens is 1. The van der Waals surface area contributed by atoms with Crippen molar-refractivity contribution < 1.29 is 9.13 Å². The van der Waals surface area contributed by atoms with Crippen LogP contribution in [0.2, 0.25) is 10.0 Å². The number of pyridine rings is 2. The number of rotatable bonds is 5. The standard InChI is InChI=1S/C24H20Cl2FN7O/c1-24(2)10-34(11-24)23-12(6-28)3-13(7-31-23)21-14-4-19(17(27)5-18(14)32-33-21)35-22(29)20-15(25)8-30-9-16(20)26/h3-5,7-9,22H,10-11,29H2,1-2H3,(H,32,33)/t22-/m0/s1. The molecule has 11 heteroatoms. The van der Waals surface area contributed by atoms with Gasteiger partial charge in [0, 0.05) is 54.3 Å². The number of aromatic nitrogens is 4. The van der Waals surface area contributed by atoms with E-state index in [0.717, 1.165) is 13.1 Å². The monoisotopic (exact) mass is 511 g/mol. The Bertz CT molecular complexity index is 1470. The van der Waals surface area contributed by atoms with E-state index in [4.69, 9.17) is 33.7 Å². The van der Waals surface area contributed by atoms with E-state index < -0.39 is 12.0 Å². The molecule has 1 fully saturated rings. The van der Waals surface area contributed by atoms with Crippen LogP contribution < -0.4 is 15.4 Å². The normalized spacial score (nSPS) is 15.5. The van der Waals surface area contributed by atoms with Crippen molar-refractivity contribution in [2.24, 2.45) is 11.1 Å². The maximum absolute atomic E-state index is 14.8. The maximum atomic E-state index is 14.8. The summed E-state index contributed by atoms with van der Waals surface area (Å²) < 4.78 is 20.5. The molecular formula is C24H20Cl2FN7O. The van der Waals surface area contributed by atoms with Crippen LogP contribution in [0.3, 0.4) is 0 Å². The highest BCUT2D eigenvalue weighted by atomic mass is 35.5. The van der Waals surface area contributed by atoms with Gasteiger partial charge in [-0.3, -0.25) is 15.8 Å². The molecule has 0 amide bonds. The van der Waals surface area contributed by atoms with Crippen LogP contribution in [-0.2, 0) is 0 Å². The fourth-order valence-corrected chi connectivity index (χ4v) is 4.86. The quantitative estimate of drug-likeness (QED) is 0.352. The third kappa shape index (κ3) is 4.25. The number of nitrogens with zero attached hydrogens (tertiary/aromatic N) is 5. The van der Waals surface area contributed by atoms with E-state index >= 15 is 0 Å². The van der Waals surface area contributed by atoms with Crippen molar-refractivity contribution in [3.63, 3.8) is 0 Å². The Morgan fingerprint density at radius 3 is 2.57 bits per heavy atom. The Balaban J connectivity index is 1.50. The van der Waals surface area contributed by atoms with Crippen LogP contribution in [0.5, 0.6) is 5.75 Å².